The van der Waals surface area contributed by atoms with E-state index < -0.39 is 6.23 Å². The minimum Gasteiger partial charge on any atom is -0.378 e. The molecule has 0 bridgehead atoms. The van der Waals surface area contributed by atoms with Crippen LogP contribution in [0, 0.1) is 5.92 Å². The molecule has 0 radical (unpaired) electrons. The molecular formula is C8H15NO2. The van der Waals surface area contributed by atoms with Crippen LogP contribution in [-0.4, -0.2) is 35.1 Å². The molecule has 0 saturated carbocycles. The summed E-state index contributed by atoms with van der Waals surface area (Å²) < 4.78 is 0. The van der Waals surface area contributed by atoms with Crippen LogP contribution in [0.3, 0.4) is 0 Å². The molecule has 0 aromatic rings. The zero-order chi connectivity index (χ0) is 8.43. The van der Waals surface area contributed by atoms with Gasteiger partial charge in [-0.3, -0.25) is 9.69 Å². The average molecular weight is 157 g/mol. The van der Waals surface area contributed by atoms with Crippen molar-refractivity contribution >= 4 is 5.78 Å². The molecule has 1 rings (SSSR count). The maximum atomic E-state index is 10.9. The quantitative estimate of drug-likeness (QED) is 0.624. The fourth-order valence-electron chi connectivity index (χ4n) is 1.52. The largest absolute Gasteiger partial charge is 0.378 e. The van der Waals surface area contributed by atoms with Crippen molar-refractivity contribution in [2.45, 2.75) is 26.5 Å². The van der Waals surface area contributed by atoms with E-state index in [0.29, 0.717) is 6.42 Å². The second-order valence-corrected chi connectivity index (χ2v) is 3.11. The summed E-state index contributed by atoms with van der Waals surface area (Å²) in [6, 6.07) is 0. The van der Waals surface area contributed by atoms with Crippen molar-refractivity contribution in [2.24, 2.45) is 5.92 Å². The summed E-state index contributed by atoms with van der Waals surface area (Å²) in [5.41, 5.74) is 0. The number of aliphatic hydroxyl groups is 1. The number of hydrogen-bond acceptors (Lipinski definition) is 3. The van der Waals surface area contributed by atoms with Gasteiger partial charge < -0.3 is 5.11 Å². The normalized spacial score (nSPS) is 32.6. The van der Waals surface area contributed by atoms with Crippen LogP contribution >= 0.6 is 0 Å². The van der Waals surface area contributed by atoms with Crippen LogP contribution in [-0.2, 0) is 4.79 Å². The van der Waals surface area contributed by atoms with E-state index in [9.17, 15) is 9.90 Å². The summed E-state index contributed by atoms with van der Waals surface area (Å²) in [6.07, 6.45) is 0.220. The molecule has 1 aliphatic rings. The van der Waals surface area contributed by atoms with Crippen LogP contribution in [0.25, 0.3) is 0 Å². The van der Waals surface area contributed by atoms with Gasteiger partial charge in [-0.1, -0.05) is 6.92 Å². The van der Waals surface area contributed by atoms with Gasteiger partial charge in [0.25, 0.3) is 0 Å². The third kappa shape index (κ3) is 1.79. The lowest BCUT2D eigenvalue weighted by molar-refractivity contribution is -0.120. The topological polar surface area (TPSA) is 40.5 Å². The molecule has 1 heterocycles. The maximum absolute atomic E-state index is 10.9. The highest BCUT2D eigenvalue weighted by Crippen LogP contribution is 2.21. The summed E-state index contributed by atoms with van der Waals surface area (Å²) in [6.45, 7) is 5.14. The molecule has 1 fully saturated rings. The number of aliphatic hydroxyl groups excluding tert-OH is 1. The molecule has 1 aliphatic heterocycles. The Morgan fingerprint density at radius 1 is 1.73 bits per heavy atom. The standard InChI is InChI=1S/C8H15NO2/c1-3-9-5-7(6(2)10)4-8(9)11/h7-8,11H,3-5H2,1-2H3. The molecule has 11 heavy (non-hydrogen) atoms. The van der Waals surface area contributed by atoms with Gasteiger partial charge in [0.2, 0.25) is 0 Å². The highest BCUT2D eigenvalue weighted by Gasteiger charge is 2.31. The average Bonchev–Trinajstić information content (AvgIpc) is 2.31. The lowest BCUT2D eigenvalue weighted by Gasteiger charge is -2.16. The van der Waals surface area contributed by atoms with Crippen LogP contribution in [0.2, 0.25) is 0 Å². The number of likely N-dealkylation sites (tertiary alicyclic amines) is 1. The zero-order valence-corrected chi connectivity index (χ0v) is 7.08. The van der Waals surface area contributed by atoms with Gasteiger partial charge in [0.05, 0.1) is 0 Å². The van der Waals surface area contributed by atoms with Crippen LogP contribution in [0.5, 0.6) is 0 Å². The lowest BCUT2D eigenvalue weighted by atomic mass is 10.1. The monoisotopic (exact) mass is 157 g/mol. The van der Waals surface area contributed by atoms with Crippen molar-refractivity contribution in [3.05, 3.63) is 0 Å². The number of hydrogen-bond donors (Lipinski definition) is 1. The fraction of sp³-hybridized carbons (Fsp3) is 0.875. The first-order chi connectivity index (χ1) is 5.15. The predicted molar refractivity (Wildman–Crippen MR) is 42.0 cm³/mol. The molecule has 0 aliphatic carbocycles. The maximum Gasteiger partial charge on any atom is 0.134 e. The number of nitrogens with zero attached hydrogens (tertiary/aromatic N) is 1. The Balaban J connectivity index is 2.49. The Morgan fingerprint density at radius 3 is 2.64 bits per heavy atom. The SMILES string of the molecule is CCN1CC(C(C)=O)CC1O. The number of carbonyl (C=O) groups is 1. The van der Waals surface area contributed by atoms with Crippen molar-refractivity contribution in [2.75, 3.05) is 13.1 Å². The van der Waals surface area contributed by atoms with E-state index in [1.807, 2.05) is 11.8 Å². The van der Waals surface area contributed by atoms with Crippen LogP contribution < -0.4 is 0 Å². The van der Waals surface area contributed by atoms with Gasteiger partial charge in [0, 0.05) is 12.5 Å². The molecule has 0 aromatic heterocycles. The van der Waals surface area contributed by atoms with Gasteiger partial charge in [-0.25, -0.2) is 0 Å². The molecule has 2 unspecified atom stereocenters. The Hall–Kier alpha value is -0.410. The molecule has 2 atom stereocenters. The first-order valence-corrected chi connectivity index (χ1v) is 4.07. The van der Waals surface area contributed by atoms with Gasteiger partial charge >= 0.3 is 0 Å². The summed E-state index contributed by atoms with van der Waals surface area (Å²) in [5, 5.41) is 9.38. The van der Waals surface area contributed by atoms with Gasteiger partial charge in [0.1, 0.15) is 12.0 Å². The molecule has 64 valence electrons. The van der Waals surface area contributed by atoms with E-state index in [2.05, 4.69) is 0 Å². The number of ketones is 1. The third-order valence-electron chi connectivity index (χ3n) is 2.35. The number of carbonyl (C=O) groups excluding carboxylic acids is 1. The van der Waals surface area contributed by atoms with E-state index in [1.165, 1.54) is 0 Å². The summed E-state index contributed by atoms with van der Waals surface area (Å²) >= 11 is 0. The van der Waals surface area contributed by atoms with E-state index in [0.717, 1.165) is 13.1 Å². The first-order valence-electron chi connectivity index (χ1n) is 4.07. The van der Waals surface area contributed by atoms with Crippen molar-refractivity contribution in [3.63, 3.8) is 0 Å². The molecule has 1 saturated heterocycles. The molecular weight excluding hydrogens is 142 g/mol. The number of Topliss-reactive ketones (excluding diaryl/α,β-unsaturated/α-hetero) is 1. The van der Waals surface area contributed by atoms with Crippen LogP contribution in [0.1, 0.15) is 20.3 Å². The molecule has 3 heteroatoms. The Kier molecular flexibility index (Phi) is 2.62. The minimum atomic E-state index is -0.395. The molecule has 0 amide bonds. The Labute approximate surface area is 67.0 Å². The number of rotatable bonds is 2. The van der Waals surface area contributed by atoms with Gasteiger partial charge in [-0.15, -0.1) is 0 Å². The van der Waals surface area contributed by atoms with Crippen LogP contribution in [0.4, 0.5) is 0 Å². The Bertz CT molecular complexity index is 158. The molecule has 0 spiro atoms. The zero-order valence-electron chi connectivity index (χ0n) is 7.08. The predicted octanol–water partition coefficient (Wildman–Crippen LogP) is 0.236. The first kappa shape index (κ1) is 8.68. The molecule has 1 N–H and O–H groups in total. The van der Waals surface area contributed by atoms with Gasteiger partial charge in [-0.05, 0) is 19.9 Å². The van der Waals surface area contributed by atoms with E-state index >= 15 is 0 Å². The van der Waals surface area contributed by atoms with Crippen molar-refractivity contribution in [3.8, 4) is 0 Å². The fourth-order valence-corrected chi connectivity index (χ4v) is 1.52. The van der Waals surface area contributed by atoms with Crippen molar-refractivity contribution < 1.29 is 9.90 Å². The van der Waals surface area contributed by atoms with Crippen LogP contribution in [0.15, 0.2) is 0 Å². The summed E-state index contributed by atoms with van der Waals surface area (Å²) in [4.78, 5) is 12.8. The van der Waals surface area contributed by atoms with E-state index in [4.69, 9.17) is 0 Å². The second-order valence-electron chi connectivity index (χ2n) is 3.11. The highest BCUT2D eigenvalue weighted by molar-refractivity contribution is 5.78. The van der Waals surface area contributed by atoms with Gasteiger partial charge in [-0.2, -0.15) is 0 Å². The minimum absolute atomic E-state index is 0.0601. The van der Waals surface area contributed by atoms with E-state index in [-0.39, 0.29) is 11.7 Å². The molecule has 0 aromatic carbocycles. The second kappa shape index (κ2) is 3.32. The van der Waals surface area contributed by atoms with Gasteiger partial charge in [0.15, 0.2) is 0 Å². The lowest BCUT2D eigenvalue weighted by Crippen LogP contribution is -2.28. The van der Waals surface area contributed by atoms with E-state index in [1.54, 1.807) is 6.92 Å². The summed E-state index contributed by atoms with van der Waals surface area (Å²) in [5.74, 6) is 0.255. The summed E-state index contributed by atoms with van der Waals surface area (Å²) in [7, 11) is 0. The smallest absolute Gasteiger partial charge is 0.134 e. The third-order valence-corrected chi connectivity index (χ3v) is 2.35. The Morgan fingerprint density at radius 2 is 2.36 bits per heavy atom. The molecule has 3 nitrogen and oxygen atoms in total. The van der Waals surface area contributed by atoms with Crippen molar-refractivity contribution in [1.82, 2.24) is 4.90 Å². The highest BCUT2D eigenvalue weighted by atomic mass is 16.3. The van der Waals surface area contributed by atoms with Crippen molar-refractivity contribution in [1.29, 1.82) is 0 Å².